The Morgan fingerprint density at radius 2 is 2.09 bits per heavy atom. The molecule has 0 saturated carbocycles. The SMILES string of the molecule is CN(CC(=O)O)C1CCCN(Cc2cccc(F)c2F)CC1.Cl. The summed E-state index contributed by atoms with van der Waals surface area (Å²) < 4.78 is 27.0. The van der Waals surface area contributed by atoms with Gasteiger partial charge in [0.1, 0.15) is 0 Å². The molecule has 1 aromatic rings. The Kier molecular flexibility index (Phi) is 7.88. The highest BCUT2D eigenvalue weighted by molar-refractivity contribution is 5.85. The lowest BCUT2D eigenvalue weighted by Crippen LogP contribution is -2.36. The summed E-state index contributed by atoms with van der Waals surface area (Å²) in [5, 5.41) is 8.86. The summed E-state index contributed by atoms with van der Waals surface area (Å²) in [6.45, 7) is 1.99. The molecule has 0 aromatic heterocycles. The zero-order chi connectivity index (χ0) is 16.1. The van der Waals surface area contributed by atoms with Gasteiger partial charge in [0.05, 0.1) is 6.54 Å². The highest BCUT2D eigenvalue weighted by atomic mass is 35.5. The molecule has 4 nitrogen and oxygen atoms in total. The molecule has 0 aliphatic carbocycles. The number of benzene rings is 1. The lowest BCUT2D eigenvalue weighted by molar-refractivity contribution is -0.138. The van der Waals surface area contributed by atoms with E-state index in [9.17, 15) is 13.6 Å². The zero-order valence-corrected chi connectivity index (χ0v) is 14.0. The van der Waals surface area contributed by atoms with E-state index in [-0.39, 0.29) is 25.0 Å². The van der Waals surface area contributed by atoms with Gasteiger partial charge in [0.15, 0.2) is 11.6 Å². The number of hydrogen-bond donors (Lipinski definition) is 1. The van der Waals surface area contributed by atoms with E-state index in [4.69, 9.17) is 5.11 Å². The number of nitrogens with zero attached hydrogens (tertiary/aromatic N) is 2. The fourth-order valence-electron chi connectivity index (χ4n) is 2.99. The summed E-state index contributed by atoms with van der Waals surface area (Å²) in [6.07, 6.45) is 2.68. The lowest BCUT2D eigenvalue weighted by Gasteiger charge is -2.25. The van der Waals surface area contributed by atoms with E-state index in [0.29, 0.717) is 12.1 Å². The Hall–Kier alpha value is -1.24. The van der Waals surface area contributed by atoms with E-state index in [2.05, 4.69) is 4.90 Å². The standard InChI is InChI=1S/C16H22F2N2O2.ClH/c1-19(11-15(21)22)13-5-3-8-20(9-7-13)10-12-4-2-6-14(17)16(12)18;/h2,4,6,13H,3,5,7-11H2,1H3,(H,21,22);1H. The van der Waals surface area contributed by atoms with Gasteiger partial charge in [-0.3, -0.25) is 14.6 Å². The van der Waals surface area contributed by atoms with Crippen molar-refractivity contribution in [1.29, 1.82) is 0 Å². The molecule has 1 unspecified atom stereocenters. The van der Waals surface area contributed by atoms with Crippen LogP contribution in [0.5, 0.6) is 0 Å². The first kappa shape index (κ1) is 19.8. The monoisotopic (exact) mass is 348 g/mol. The van der Waals surface area contributed by atoms with E-state index < -0.39 is 17.6 Å². The van der Waals surface area contributed by atoms with Crippen molar-refractivity contribution < 1.29 is 18.7 Å². The number of hydrogen-bond acceptors (Lipinski definition) is 3. The Bertz CT molecular complexity index is 531. The van der Waals surface area contributed by atoms with Crippen molar-refractivity contribution in [2.75, 3.05) is 26.7 Å². The van der Waals surface area contributed by atoms with Gasteiger partial charge in [-0.05, 0) is 45.5 Å². The van der Waals surface area contributed by atoms with E-state index in [0.717, 1.165) is 38.4 Å². The van der Waals surface area contributed by atoms with Crippen LogP contribution in [0.15, 0.2) is 18.2 Å². The van der Waals surface area contributed by atoms with Crippen LogP contribution in [0.1, 0.15) is 24.8 Å². The third kappa shape index (κ3) is 5.71. The van der Waals surface area contributed by atoms with Crippen molar-refractivity contribution in [3.05, 3.63) is 35.4 Å². The van der Waals surface area contributed by atoms with Crippen molar-refractivity contribution >= 4 is 18.4 Å². The van der Waals surface area contributed by atoms with Gasteiger partial charge in [0.25, 0.3) is 0 Å². The second kappa shape index (κ2) is 9.15. The third-order valence-corrected chi connectivity index (χ3v) is 4.22. The number of aliphatic carboxylic acids is 1. The molecule has 0 spiro atoms. The zero-order valence-electron chi connectivity index (χ0n) is 13.2. The predicted octanol–water partition coefficient (Wildman–Crippen LogP) is 2.76. The second-order valence-corrected chi connectivity index (χ2v) is 5.88. The van der Waals surface area contributed by atoms with E-state index in [1.54, 1.807) is 6.07 Å². The van der Waals surface area contributed by atoms with Crippen molar-refractivity contribution in [3.8, 4) is 0 Å². The van der Waals surface area contributed by atoms with Gasteiger partial charge in [0.2, 0.25) is 0 Å². The number of rotatable bonds is 5. The summed E-state index contributed by atoms with van der Waals surface area (Å²) in [6, 6.07) is 4.48. The summed E-state index contributed by atoms with van der Waals surface area (Å²) in [7, 11) is 1.82. The van der Waals surface area contributed by atoms with Gasteiger partial charge in [-0.1, -0.05) is 12.1 Å². The maximum atomic E-state index is 13.7. The molecular formula is C16H23ClF2N2O2. The normalized spacial score (nSPS) is 19.2. The molecule has 1 heterocycles. The first-order valence-electron chi connectivity index (χ1n) is 7.54. The molecule has 0 amide bonds. The van der Waals surface area contributed by atoms with Gasteiger partial charge in [-0.2, -0.15) is 0 Å². The Morgan fingerprint density at radius 3 is 2.78 bits per heavy atom. The van der Waals surface area contributed by atoms with Crippen LogP contribution in [-0.4, -0.2) is 53.6 Å². The predicted molar refractivity (Wildman–Crippen MR) is 86.8 cm³/mol. The average molecular weight is 349 g/mol. The summed E-state index contributed by atoms with van der Waals surface area (Å²) in [5.41, 5.74) is 0.373. The van der Waals surface area contributed by atoms with Crippen LogP contribution in [0.2, 0.25) is 0 Å². The first-order chi connectivity index (χ1) is 10.5. The van der Waals surface area contributed by atoms with Crippen LogP contribution >= 0.6 is 12.4 Å². The second-order valence-electron chi connectivity index (χ2n) is 5.88. The van der Waals surface area contributed by atoms with Crippen LogP contribution in [0, 0.1) is 11.6 Å². The number of likely N-dealkylation sites (tertiary alicyclic amines) is 1. The fraction of sp³-hybridized carbons (Fsp3) is 0.562. The topological polar surface area (TPSA) is 43.8 Å². The van der Waals surface area contributed by atoms with Gasteiger partial charge in [-0.25, -0.2) is 8.78 Å². The summed E-state index contributed by atoms with van der Waals surface area (Å²) in [5.74, 6) is -2.41. The number of likely N-dealkylation sites (N-methyl/N-ethyl adjacent to an activating group) is 1. The molecule has 1 aromatic carbocycles. The van der Waals surface area contributed by atoms with Crippen molar-refractivity contribution in [2.45, 2.75) is 31.8 Å². The average Bonchev–Trinajstić information content (AvgIpc) is 2.69. The van der Waals surface area contributed by atoms with Crippen LogP contribution in [0.4, 0.5) is 8.78 Å². The number of carboxylic acids is 1. The maximum Gasteiger partial charge on any atom is 0.317 e. The van der Waals surface area contributed by atoms with Gasteiger partial charge in [-0.15, -0.1) is 12.4 Å². The first-order valence-corrected chi connectivity index (χ1v) is 7.54. The number of carboxylic acid groups (broad SMARTS) is 1. The van der Waals surface area contributed by atoms with E-state index in [1.807, 2.05) is 11.9 Å². The summed E-state index contributed by atoms with van der Waals surface area (Å²) >= 11 is 0. The highest BCUT2D eigenvalue weighted by Crippen LogP contribution is 2.19. The molecule has 23 heavy (non-hydrogen) atoms. The minimum Gasteiger partial charge on any atom is -0.480 e. The Balaban J connectivity index is 0.00000264. The van der Waals surface area contributed by atoms with Crippen molar-refractivity contribution in [1.82, 2.24) is 9.80 Å². The van der Waals surface area contributed by atoms with Crippen LogP contribution < -0.4 is 0 Å². The third-order valence-electron chi connectivity index (χ3n) is 4.22. The maximum absolute atomic E-state index is 13.7. The van der Waals surface area contributed by atoms with E-state index in [1.165, 1.54) is 6.07 Å². The van der Waals surface area contributed by atoms with Gasteiger partial charge in [0, 0.05) is 18.2 Å². The van der Waals surface area contributed by atoms with Crippen molar-refractivity contribution in [3.63, 3.8) is 0 Å². The van der Waals surface area contributed by atoms with Gasteiger partial charge >= 0.3 is 5.97 Å². The molecule has 0 radical (unpaired) electrons. The van der Waals surface area contributed by atoms with Crippen LogP contribution in [0.25, 0.3) is 0 Å². The largest absolute Gasteiger partial charge is 0.480 e. The van der Waals surface area contributed by atoms with E-state index >= 15 is 0 Å². The van der Waals surface area contributed by atoms with Crippen LogP contribution in [-0.2, 0) is 11.3 Å². The molecule has 1 fully saturated rings. The molecule has 1 aliphatic heterocycles. The molecule has 0 bridgehead atoms. The number of halogens is 3. The number of carbonyl (C=O) groups is 1. The summed E-state index contributed by atoms with van der Waals surface area (Å²) in [4.78, 5) is 14.7. The molecule has 7 heteroatoms. The minimum absolute atomic E-state index is 0. The fourth-order valence-corrected chi connectivity index (χ4v) is 2.99. The minimum atomic E-state index is -0.828. The molecule has 2 rings (SSSR count). The molecule has 1 aliphatic rings. The smallest absolute Gasteiger partial charge is 0.317 e. The molecule has 130 valence electrons. The van der Waals surface area contributed by atoms with Gasteiger partial charge < -0.3 is 5.11 Å². The molecule has 1 atom stereocenters. The Labute approximate surface area is 141 Å². The Morgan fingerprint density at radius 1 is 1.35 bits per heavy atom. The highest BCUT2D eigenvalue weighted by Gasteiger charge is 2.22. The molecule has 1 saturated heterocycles. The molecular weight excluding hydrogens is 326 g/mol. The van der Waals surface area contributed by atoms with Crippen LogP contribution in [0.3, 0.4) is 0 Å². The van der Waals surface area contributed by atoms with Crippen molar-refractivity contribution in [2.24, 2.45) is 0 Å². The quantitative estimate of drug-likeness (QED) is 0.888. The lowest BCUT2D eigenvalue weighted by atomic mass is 10.1. The molecule has 1 N–H and O–H groups in total.